The zero-order valence-corrected chi connectivity index (χ0v) is 6.84. The van der Waals surface area contributed by atoms with E-state index < -0.39 is 0 Å². The minimum absolute atomic E-state index is 0.0856. The average molecular weight is 173 g/mol. The standard InChI is InChI=1S/C7H9ClN2O/c1-10(9)6-3-2-5(8)4-7(6)11/h2-4,11H,9H2,1H3. The number of benzene rings is 1. The van der Waals surface area contributed by atoms with Crippen molar-refractivity contribution in [1.29, 1.82) is 0 Å². The van der Waals surface area contributed by atoms with Crippen molar-refractivity contribution in [3.8, 4) is 5.75 Å². The van der Waals surface area contributed by atoms with Gasteiger partial charge in [-0.3, -0.25) is 0 Å². The van der Waals surface area contributed by atoms with Crippen LogP contribution in [-0.4, -0.2) is 12.2 Å². The topological polar surface area (TPSA) is 49.5 Å². The summed E-state index contributed by atoms with van der Waals surface area (Å²) in [6, 6.07) is 4.76. The first-order chi connectivity index (χ1) is 5.11. The molecule has 3 nitrogen and oxygen atoms in total. The van der Waals surface area contributed by atoms with Gasteiger partial charge in [0.2, 0.25) is 0 Å². The van der Waals surface area contributed by atoms with Crippen LogP contribution in [0.1, 0.15) is 0 Å². The quantitative estimate of drug-likeness (QED) is 0.497. The maximum atomic E-state index is 9.26. The number of anilines is 1. The van der Waals surface area contributed by atoms with E-state index in [4.69, 9.17) is 17.4 Å². The van der Waals surface area contributed by atoms with Gasteiger partial charge >= 0.3 is 0 Å². The van der Waals surface area contributed by atoms with Crippen molar-refractivity contribution in [3.63, 3.8) is 0 Å². The largest absolute Gasteiger partial charge is 0.506 e. The van der Waals surface area contributed by atoms with E-state index >= 15 is 0 Å². The molecule has 3 N–H and O–H groups in total. The summed E-state index contributed by atoms with van der Waals surface area (Å²) in [5.41, 5.74) is 0.550. The van der Waals surface area contributed by atoms with Crippen LogP contribution >= 0.6 is 11.6 Å². The molecule has 11 heavy (non-hydrogen) atoms. The van der Waals surface area contributed by atoms with Gasteiger partial charge in [-0.15, -0.1) is 0 Å². The van der Waals surface area contributed by atoms with E-state index in [1.165, 1.54) is 11.1 Å². The van der Waals surface area contributed by atoms with Crippen molar-refractivity contribution in [1.82, 2.24) is 0 Å². The first kappa shape index (κ1) is 8.17. The lowest BCUT2D eigenvalue weighted by atomic mass is 10.3. The minimum Gasteiger partial charge on any atom is -0.506 e. The molecule has 0 spiro atoms. The molecule has 0 heterocycles. The Morgan fingerprint density at radius 2 is 2.18 bits per heavy atom. The average Bonchev–Trinajstić information content (AvgIpc) is 1.85. The monoisotopic (exact) mass is 172 g/mol. The van der Waals surface area contributed by atoms with Gasteiger partial charge in [-0.1, -0.05) is 11.6 Å². The highest BCUT2D eigenvalue weighted by atomic mass is 35.5. The van der Waals surface area contributed by atoms with E-state index in [1.807, 2.05) is 0 Å². The number of nitrogens with two attached hydrogens (primary N) is 1. The van der Waals surface area contributed by atoms with E-state index in [0.717, 1.165) is 0 Å². The second kappa shape index (κ2) is 2.98. The lowest BCUT2D eigenvalue weighted by molar-refractivity contribution is 0.475. The summed E-state index contributed by atoms with van der Waals surface area (Å²) in [5, 5.41) is 11.1. The van der Waals surface area contributed by atoms with Crippen molar-refractivity contribution >= 4 is 17.3 Å². The van der Waals surface area contributed by atoms with Crippen molar-refractivity contribution in [3.05, 3.63) is 23.2 Å². The Morgan fingerprint density at radius 1 is 1.55 bits per heavy atom. The number of nitrogens with zero attached hydrogens (tertiary/aromatic N) is 1. The number of phenolic OH excluding ortho intramolecular Hbond substituents is 1. The van der Waals surface area contributed by atoms with E-state index in [2.05, 4.69) is 0 Å². The first-order valence-electron chi connectivity index (χ1n) is 3.08. The van der Waals surface area contributed by atoms with Crippen molar-refractivity contribution in [2.24, 2.45) is 5.84 Å². The molecule has 0 bridgehead atoms. The first-order valence-corrected chi connectivity index (χ1v) is 3.46. The summed E-state index contributed by atoms with van der Waals surface area (Å²) >= 11 is 5.60. The van der Waals surface area contributed by atoms with Crippen molar-refractivity contribution in [2.45, 2.75) is 0 Å². The number of aromatic hydroxyl groups is 1. The van der Waals surface area contributed by atoms with Crippen LogP contribution in [0.3, 0.4) is 0 Å². The van der Waals surface area contributed by atoms with Crippen LogP contribution in [0.15, 0.2) is 18.2 Å². The Morgan fingerprint density at radius 3 is 2.64 bits per heavy atom. The molecule has 0 amide bonds. The molecule has 0 aliphatic carbocycles. The van der Waals surface area contributed by atoms with Gasteiger partial charge in [0.1, 0.15) is 5.75 Å². The SMILES string of the molecule is CN(N)c1ccc(Cl)cc1O. The molecule has 0 aliphatic heterocycles. The van der Waals surface area contributed by atoms with E-state index in [9.17, 15) is 5.11 Å². The Bertz CT molecular complexity index is 263. The molecule has 0 aliphatic rings. The molecular weight excluding hydrogens is 164 g/mol. The molecule has 4 heteroatoms. The van der Waals surface area contributed by atoms with Gasteiger partial charge in [0.25, 0.3) is 0 Å². The van der Waals surface area contributed by atoms with Gasteiger partial charge < -0.3 is 10.1 Å². The van der Waals surface area contributed by atoms with Gasteiger partial charge in [-0.05, 0) is 12.1 Å². The third kappa shape index (κ3) is 1.76. The molecule has 0 radical (unpaired) electrons. The molecule has 0 fully saturated rings. The van der Waals surface area contributed by atoms with Crippen LogP contribution in [-0.2, 0) is 0 Å². The number of halogens is 1. The summed E-state index contributed by atoms with van der Waals surface area (Å²) in [6.45, 7) is 0. The van der Waals surface area contributed by atoms with E-state index in [1.54, 1.807) is 19.2 Å². The third-order valence-corrected chi connectivity index (χ3v) is 1.55. The molecular formula is C7H9ClN2O. The summed E-state index contributed by atoms with van der Waals surface area (Å²) < 4.78 is 0. The van der Waals surface area contributed by atoms with Crippen LogP contribution in [0, 0.1) is 0 Å². The Hall–Kier alpha value is -0.930. The minimum atomic E-state index is 0.0856. The molecule has 1 aromatic carbocycles. The zero-order valence-electron chi connectivity index (χ0n) is 6.08. The zero-order chi connectivity index (χ0) is 8.43. The molecule has 0 saturated heterocycles. The fourth-order valence-electron chi connectivity index (χ4n) is 0.795. The Kier molecular flexibility index (Phi) is 2.22. The molecule has 0 unspecified atom stereocenters. The summed E-state index contributed by atoms with van der Waals surface area (Å²) in [5.74, 6) is 5.48. The Balaban J connectivity index is 3.09. The number of hydrogen-bond acceptors (Lipinski definition) is 3. The lowest BCUT2D eigenvalue weighted by Gasteiger charge is -2.13. The second-order valence-electron chi connectivity index (χ2n) is 2.24. The maximum Gasteiger partial charge on any atom is 0.141 e. The van der Waals surface area contributed by atoms with Gasteiger partial charge in [0.05, 0.1) is 5.69 Å². The van der Waals surface area contributed by atoms with Crippen LogP contribution in [0.5, 0.6) is 5.75 Å². The van der Waals surface area contributed by atoms with Gasteiger partial charge in [0, 0.05) is 18.1 Å². The smallest absolute Gasteiger partial charge is 0.141 e. The predicted octanol–water partition coefficient (Wildman–Crippen LogP) is 1.36. The summed E-state index contributed by atoms with van der Waals surface area (Å²) in [7, 11) is 1.64. The third-order valence-electron chi connectivity index (χ3n) is 1.32. The fraction of sp³-hybridized carbons (Fsp3) is 0.143. The molecule has 1 aromatic rings. The van der Waals surface area contributed by atoms with Crippen LogP contribution in [0.4, 0.5) is 5.69 Å². The number of hydrogen-bond donors (Lipinski definition) is 2. The predicted molar refractivity (Wildman–Crippen MR) is 45.7 cm³/mol. The normalized spacial score (nSPS) is 9.73. The number of hydrazine groups is 1. The van der Waals surface area contributed by atoms with Crippen LogP contribution < -0.4 is 10.9 Å². The van der Waals surface area contributed by atoms with E-state index in [0.29, 0.717) is 10.7 Å². The highest BCUT2D eigenvalue weighted by Crippen LogP contribution is 2.27. The van der Waals surface area contributed by atoms with Crippen LogP contribution in [0.25, 0.3) is 0 Å². The highest BCUT2D eigenvalue weighted by molar-refractivity contribution is 6.30. The van der Waals surface area contributed by atoms with Crippen molar-refractivity contribution in [2.75, 3.05) is 12.1 Å². The Labute approximate surface area is 70.0 Å². The van der Waals surface area contributed by atoms with Gasteiger partial charge in [-0.25, -0.2) is 5.84 Å². The molecule has 0 saturated carbocycles. The maximum absolute atomic E-state index is 9.26. The lowest BCUT2D eigenvalue weighted by Crippen LogP contribution is -2.24. The summed E-state index contributed by atoms with van der Waals surface area (Å²) in [4.78, 5) is 0. The molecule has 1 rings (SSSR count). The molecule has 0 aromatic heterocycles. The van der Waals surface area contributed by atoms with Gasteiger partial charge in [0.15, 0.2) is 0 Å². The molecule has 0 atom stereocenters. The molecule has 60 valence electrons. The van der Waals surface area contributed by atoms with Gasteiger partial charge in [-0.2, -0.15) is 0 Å². The van der Waals surface area contributed by atoms with Crippen LogP contribution in [0.2, 0.25) is 5.02 Å². The fourth-order valence-corrected chi connectivity index (χ4v) is 0.961. The summed E-state index contributed by atoms with van der Waals surface area (Å²) in [6.07, 6.45) is 0. The number of phenols is 1. The van der Waals surface area contributed by atoms with E-state index in [-0.39, 0.29) is 5.75 Å². The highest BCUT2D eigenvalue weighted by Gasteiger charge is 2.02. The second-order valence-corrected chi connectivity index (χ2v) is 2.68. The van der Waals surface area contributed by atoms with Crippen molar-refractivity contribution < 1.29 is 5.11 Å². The number of rotatable bonds is 1.